The Morgan fingerprint density at radius 2 is 2.00 bits per heavy atom. The summed E-state index contributed by atoms with van der Waals surface area (Å²) >= 11 is 3.46. The molecule has 1 atom stereocenters. The summed E-state index contributed by atoms with van der Waals surface area (Å²) in [4.78, 5) is 39.7. The number of benzene rings is 2. The van der Waals surface area contributed by atoms with Crippen molar-refractivity contribution in [1.82, 2.24) is 9.55 Å². The van der Waals surface area contributed by atoms with Crippen LogP contribution < -0.4 is 16.4 Å². The standard InChI is InChI=1S/C20H18BrN3O3/c1-20(10-16(25)22-14-5-3-2-4-6-14)9-12-7-13(21)8-15-17(12)24(11-20)19(27)18(26)23-15/h2-8H,9-11H2,1H3,(H,22,25)(H,23,26). The van der Waals surface area contributed by atoms with Crippen molar-refractivity contribution in [3.8, 4) is 0 Å². The molecule has 2 heterocycles. The zero-order chi connectivity index (χ0) is 19.2. The molecule has 2 aromatic carbocycles. The average molecular weight is 428 g/mol. The zero-order valence-electron chi connectivity index (χ0n) is 14.7. The maximum atomic E-state index is 12.6. The summed E-state index contributed by atoms with van der Waals surface area (Å²) in [7, 11) is 0. The molecule has 0 bridgehead atoms. The minimum Gasteiger partial charge on any atom is -0.326 e. The Hall–Kier alpha value is -2.67. The van der Waals surface area contributed by atoms with E-state index in [4.69, 9.17) is 0 Å². The van der Waals surface area contributed by atoms with Gasteiger partial charge in [0.05, 0.1) is 11.0 Å². The summed E-state index contributed by atoms with van der Waals surface area (Å²) in [6, 6.07) is 13.0. The van der Waals surface area contributed by atoms with Gasteiger partial charge in [-0.25, -0.2) is 0 Å². The first-order chi connectivity index (χ1) is 12.8. The Balaban J connectivity index is 1.70. The smallest absolute Gasteiger partial charge is 0.316 e. The van der Waals surface area contributed by atoms with Crippen LogP contribution in [0, 0.1) is 5.41 Å². The van der Waals surface area contributed by atoms with Crippen molar-refractivity contribution in [2.75, 3.05) is 5.32 Å². The highest BCUT2D eigenvalue weighted by Crippen LogP contribution is 2.37. The summed E-state index contributed by atoms with van der Waals surface area (Å²) in [6.45, 7) is 2.30. The number of carbonyl (C=O) groups is 1. The van der Waals surface area contributed by atoms with E-state index in [1.807, 2.05) is 43.3 Å². The summed E-state index contributed by atoms with van der Waals surface area (Å²) in [5.74, 6) is -0.115. The zero-order valence-corrected chi connectivity index (χ0v) is 16.3. The number of amides is 1. The third-order valence-electron chi connectivity index (χ3n) is 4.91. The number of nitrogens with zero attached hydrogens (tertiary/aromatic N) is 1. The van der Waals surface area contributed by atoms with E-state index in [0.717, 1.165) is 21.2 Å². The van der Waals surface area contributed by atoms with Gasteiger partial charge in [0.1, 0.15) is 0 Å². The van der Waals surface area contributed by atoms with Gasteiger partial charge in [-0.3, -0.25) is 14.4 Å². The molecule has 0 saturated carbocycles. The van der Waals surface area contributed by atoms with Crippen LogP contribution in [0.25, 0.3) is 11.0 Å². The number of halogens is 1. The molecular formula is C20H18BrN3O3. The van der Waals surface area contributed by atoms with E-state index in [1.165, 1.54) is 4.57 Å². The average Bonchev–Trinajstić information content (AvgIpc) is 2.59. The summed E-state index contributed by atoms with van der Waals surface area (Å²) < 4.78 is 2.33. The lowest BCUT2D eigenvalue weighted by Crippen LogP contribution is -2.44. The van der Waals surface area contributed by atoms with Gasteiger partial charge >= 0.3 is 11.1 Å². The molecule has 1 aliphatic heterocycles. The minimum absolute atomic E-state index is 0.115. The minimum atomic E-state index is -0.649. The third kappa shape index (κ3) is 3.35. The fourth-order valence-corrected chi connectivity index (χ4v) is 4.39. The Morgan fingerprint density at radius 1 is 1.26 bits per heavy atom. The molecule has 4 rings (SSSR count). The lowest BCUT2D eigenvalue weighted by atomic mass is 9.77. The van der Waals surface area contributed by atoms with Crippen LogP contribution in [0.1, 0.15) is 18.9 Å². The number of carbonyl (C=O) groups excluding carboxylic acids is 1. The van der Waals surface area contributed by atoms with E-state index in [1.54, 1.807) is 6.07 Å². The molecule has 1 aliphatic rings. The van der Waals surface area contributed by atoms with E-state index in [0.29, 0.717) is 18.5 Å². The van der Waals surface area contributed by atoms with Crippen LogP contribution in [0.4, 0.5) is 5.69 Å². The molecule has 1 amide bonds. The highest BCUT2D eigenvalue weighted by Gasteiger charge is 2.34. The number of hydrogen-bond acceptors (Lipinski definition) is 3. The van der Waals surface area contributed by atoms with Crippen LogP contribution in [0.2, 0.25) is 0 Å². The van der Waals surface area contributed by atoms with E-state index in [2.05, 4.69) is 26.2 Å². The molecule has 1 aromatic heterocycles. The molecule has 0 spiro atoms. The molecule has 6 nitrogen and oxygen atoms in total. The maximum absolute atomic E-state index is 12.6. The van der Waals surface area contributed by atoms with Crippen molar-refractivity contribution in [3.05, 3.63) is 73.2 Å². The SMILES string of the molecule is CC1(CC(=O)Nc2ccccc2)Cc2cc(Br)cc3[nH]c(=O)c(=O)n(c23)C1. The predicted octanol–water partition coefficient (Wildman–Crippen LogP) is 3.04. The summed E-state index contributed by atoms with van der Waals surface area (Å²) in [5.41, 5.74) is 1.33. The molecule has 138 valence electrons. The molecule has 0 fully saturated rings. The Labute approximate surface area is 163 Å². The first kappa shape index (κ1) is 17.7. The lowest BCUT2D eigenvalue weighted by molar-refractivity contribution is -0.118. The van der Waals surface area contributed by atoms with E-state index >= 15 is 0 Å². The van der Waals surface area contributed by atoms with E-state index < -0.39 is 16.5 Å². The van der Waals surface area contributed by atoms with Crippen LogP contribution in [0.3, 0.4) is 0 Å². The van der Waals surface area contributed by atoms with Gasteiger partial charge in [-0.15, -0.1) is 0 Å². The molecule has 0 radical (unpaired) electrons. The van der Waals surface area contributed by atoms with E-state index in [-0.39, 0.29) is 12.3 Å². The number of rotatable bonds is 3. The molecule has 27 heavy (non-hydrogen) atoms. The second-order valence-corrected chi connectivity index (χ2v) is 8.30. The highest BCUT2D eigenvalue weighted by atomic mass is 79.9. The number of aromatic nitrogens is 2. The molecule has 1 unspecified atom stereocenters. The van der Waals surface area contributed by atoms with Crippen LogP contribution in [-0.4, -0.2) is 15.5 Å². The van der Waals surface area contributed by atoms with Crippen LogP contribution in [0.15, 0.2) is 56.5 Å². The fourth-order valence-electron chi connectivity index (χ4n) is 3.89. The molecule has 7 heteroatoms. The lowest BCUT2D eigenvalue weighted by Gasteiger charge is -2.35. The largest absolute Gasteiger partial charge is 0.326 e. The highest BCUT2D eigenvalue weighted by molar-refractivity contribution is 9.10. The van der Waals surface area contributed by atoms with Crippen molar-refractivity contribution in [3.63, 3.8) is 0 Å². The number of nitrogens with one attached hydrogen (secondary N) is 2. The summed E-state index contributed by atoms with van der Waals surface area (Å²) in [5, 5.41) is 2.90. The Kier molecular flexibility index (Phi) is 4.26. The maximum Gasteiger partial charge on any atom is 0.316 e. The normalized spacial score (nSPS) is 18.4. The van der Waals surface area contributed by atoms with Gasteiger partial charge in [-0.1, -0.05) is 41.1 Å². The quantitative estimate of drug-likeness (QED) is 0.629. The van der Waals surface area contributed by atoms with Gasteiger partial charge in [-0.2, -0.15) is 0 Å². The van der Waals surface area contributed by atoms with Gasteiger partial charge in [-0.05, 0) is 41.7 Å². The van der Waals surface area contributed by atoms with E-state index in [9.17, 15) is 14.4 Å². The van der Waals surface area contributed by atoms with Crippen molar-refractivity contribution in [1.29, 1.82) is 0 Å². The number of anilines is 1. The second kappa shape index (κ2) is 6.49. The number of H-pyrrole nitrogens is 1. The van der Waals surface area contributed by atoms with Crippen LogP contribution >= 0.6 is 15.9 Å². The van der Waals surface area contributed by atoms with Crippen molar-refractivity contribution in [2.45, 2.75) is 26.3 Å². The molecule has 3 aromatic rings. The fraction of sp³-hybridized carbons (Fsp3) is 0.250. The molecule has 0 aliphatic carbocycles. The first-order valence-electron chi connectivity index (χ1n) is 8.65. The van der Waals surface area contributed by atoms with Gasteiger partial charge in [0.2, 0.25) is 5.91 Å². The topological polar surface area (TPSA) is 84.0 Å². The Bertz CT molecular complexity index is 1170. The van der Waals surface area contributed by atoms with Gasteiger partial charge in [0.25, 0.3) is 0 Å². The molecule has 0 saturated heterocycles. The number of aromatic amines is 1. The monoisotopic (exact) mass is 427 g/mol. The Morgan fingerprint density at radius 3 is 2.74 bits per heavy atom. The van der Waals surface area contributed by atoms with Crippen LogP contribution in [-0.2, 0) is 17.8 Å². The van der Waals surface area contributed by atoms with Crippen molar-refractivity contribution >= 4 is 38.6 Å². The van der Waals surface area contributed by atoms with Crippen molar-refractivity contribution < 1.29 is 4.79 Å². The molecular weight excluding hydrogens is 410 g/mol. The van der Waals surface area contributed by atoms with Crippen molar-refractivity contribution in [2.24, 2.45) is 5.41 Å². The van der Waals surface area contributed by atoms with Crippen LogP contribution in [0.5, 0.6) is 0 Å². The predicted molar refractivity (Wildman–Crippen MR) is 108 cm³/mol. The van der Waals surface area contributed by atoms with Gasteiger partial charge in [0, 0.05) is 23.1 Å². The molecule has 2 N–H and O–H groups in total. The number of para-hydroxylation sites is 1. The first-order valence-corrected chi connectivity index (χ1v) is 9.44. The third-order valence-corrected chi connectivity index (χ3v) is 5.37. The summed E-state index contributed by atoms with van der Waals surface area (Å²) in [6.07, 6.45) is 0.880. The second-order valence-electron chi connectivity index (χ2n) is 7.38. The van der Waals surface area contributed by atoms with Gasteiger partial charge in [0.15, 0.2) is 0 Å². The van der Waals surface area contributed by atoms with Gasteiger partial charge < -0.3 is 14.9 Å². The number of hydrogen-bond donors (Lipinski definition) is 2.